The van der Waals surface area contributed by atoms with E-state index in [0.717, 1.165) is 38.7 Å². The fourth-order valence-corrected chi connectivity index (χ4v) is 1.68. The molecule has 6 nitrogen and oxygen atoms in total. The van der Waals surface area contributed by atoms with E-state index < -0.39 is 0 Å². The molecular weight excluding hydrogens is 315 g/mol. The molecule has 0 spiro atoms. The number of halogens is 2. The first-order valence-electron chi connectivity index (χ1n) is 6.97. The second-order valence-corrected chi connectivity index (χ2v) is 4.86. The highest BCUT2D eigenvalue weighted by molar-refractivity contribution is 6.25. The minimum Gasteiger partial charge on any atom is -0.411 e. The highest BCUT2D eigenvalue weighted by Gasteiger charge is 1.95. The van der Waals surface area contributed by atoms with Gasteiger partial charge in [0.15, 0.2) is 0 Å². The average molecular weight is 345 g/mol. The number of amides is 1. The van der Waals surface area contributed by atoms with Gasteiger partial charge in [-0.05, 0) is 53.0 Å². The van der Waals surface area contributed by atoms with Crippen molar-refractivity contribution in [1.82, 2.24) is 15.5 Å². The molecule has 0 saturated heterocycles. The maximum absolute atomic E-state index is 10.9. The van der Waals surface area contributed by atoms with Gasteiger partial charge in [-0.3, -0.25) is 4.79 Å². The first-order chi connectivity index (χ1) is 9.16. The Bertz CT molecular complexity index is 254. The minimum absolute atomic E-state index is 0. The van der Waals surface area contributed by atoms with Gasteiger partial charge in [0.25, 0.3) is 5.91 Å². The zero-order valence-corrected chi connectivity index (χ0v) is 14.6. The summed E-state index contributed by atoms with van der Waals surface area (Å²) in [5.41, 5.74) is 0. The largest absolute Gasteiger partial charge is 0.411 e. The van der Waals surface area contributed by atoms with E-state index >= 15 is 0 Å². The molecule has 21 heavy (non-hydrogen) atoms. The molecule has 128 valence electrons. The number of hydrogen-bond acceptors (Lipinski definition) is 5. The predicted molar refractivity (Wildman–Crippen MR) is 92.3 cm³/mol. The normalized spacial score (nSPS) is 10.2. The van der Waals surface area contributed by atoms with Crippen molar-refractivity contribution in [3.63, 3.8) is 0 Å². The molecule has 0 saturated carbocycles. The zero-order chi connectivity index (χ0) is 14.3. The summed E-state index contributed by atoms with van der Waals surface area (Å²) in [6.07, 6.45) is 6.48. The summed E-state index contributed by atoms with van der Waals surface area (Å²) in [5, 5.41) is 16.9. The lowest BCUT2D eigenvalue weighted by Gasteiger charge is -2.09. The third-order valence-corrected chi connectivity index (χ3v) is 2.71. The van der Waals surface area contributed by atoms with E-state index in [1.165, 1.54) is 19.3 Å². The molecular formula is C13H30Cl2N4O2. The van der Waals surface area contributed by atoms with Gasteiger partial charge in [-0.2, -0.15) is 0 Å². The summed E-state index contributed by atoms with van der Waals surface area (Å²) in [5.74, 6) is -0.343. The first kappa shape index (κ1) is 25.4. The molecule has 0 radical (unpaired) electrons. The van der Waals surface area contributed by atoms with Crippen LogP contribution in [0.25, 0.3) is 0 Å². The first-order valence-corrected chi connectivity index (χ1v) is 6.97. The van der Waals surface area contributed by atoms with Gasteiger partial charge in [-0.25, -0.2) is 0 Å². The molecule has 8 heteroatoms. The van der Waals surface area contributed by atoms with E-state index in [0.29, 0.717) is 6.54 Å². The van der Waals surface area contributed by atoms with Crippen molar-refractivity contribution in [3.05, 3.63) is 0 Å². The number of unbranched alkanes of at least 4 members (excludes halogenated alkanes) is 3. The summed E-state index contributed by atoms with van der Waals surface area (Å²) in [7, 11) is 4.18. The molecule has 0 fully saturated rings. The molecule has 0 aliphatic rings. The van der Waals surface area contributed by atoms with Gasteiger partial charge in [0.2, 0.25) is 0 Å². The van der Waals surface area contributed by atoms with Crippen LogP contribution < -0.4 is 10.6 Å². The number of oxime groups is 1. The van der Waals surface area contributed by atoms with Crippen LogP contribution in [0.5, 0.6) is 0 Å². The summed E-state index contributed by atoms with van der Waals surface area (Å²) in [4.78, 5) is 13.1. The van der Waals surface area contributed by atoms with Crippen LogP contribution in [-0.4, -0.2) is 62.5 Å². The topological polar surface area (TPSA) is 77.0 Å². The SMILES string of the molecule is CN(C)CCCNCCCCCCNC(=O)/C=N/O.Cl.Cl. The molecule has 0 rings (SSSR count). The van der Waals surface area contributed by atoms with Gasteiger partial charge in [0.05, 0.1) is 0 Å². The molecule has 0 aromatic carbocycles. The standard InChI is InChI=1S/C13H28N4O2.2ClH/c1-17(2)11-7-9-14-8-5-3-4-6-10-15-13(18)12-16-19;;/h12,14,19H,3-11H2,1-2H3,(H,15,18);2*1H/b16-12+;;. The van der Waals surface area contributed by atoms with Gasteiger partial charge < -0.3 is 20.7 Å². The second-order valence-electron chi connectivity index (χ2n) is 4.86. The van der Waals surface area contributed by atoms with Crippen LogP contribution in [0.3, 0.4) is 0 Å². The van der Waals surface area contributed by atoms with Crippen LogP contribution in [0.1, 0.15) is 32.1 Å². The van der Waals surface area contributed by atoms with E-state index in [1.54, 1.807) is 0 Å². The molecule has 3 N–H and O–H groups in total. The van der Waals surface area contributed by atoms with Crippen molar-refractivity contribution in [1.29, 1.82) is 0 Å². The van der Waals surface area contributed by atoms with E-state index in [9.17, 15) is 4.79 Å². The maximum atomic E-state index is 10.9. The Hall–Kier alpha value is -0.560. The lowest BCUT2D eigenvalue weighted by atomic mass is 10.2. The van der Waals surface area contributed by atoms with Crippen molar-refractivity contribution >= 4 is 36.9 Å². The van der Waals surface area contributed by atoms with Gasteiger partial charge >= 0.3 is 0 Å². The number of carbonyl (C=O) groups excluding carboxylic acids is 1. The summed E-state index contributed by atoms with van der Waals surface area (Å²) < 4.78 is 0. The number of nitrogens with one attached hydrogen (secondary N) is 2. The summed E-state index contributed by atoms with van der Waals surface area (Å²) in [6, 6.07) is 0. The smallest absolute Gasteiger partial charge is 0.265 e. The van der Waals surface area contributed by atoms with Crippen LogP contribution >= 0.6 is 24.8 Å². The molecule has 0 aromatic rings. The van der Waals surface area contributed by atoms with Gasteiger partial charge in [-0.15, -0.1) is 24.8 Å². The molecule has 1 amide bonds. The Labute approximate surface area is 140 Å². The number of carbonyl (C=O) groups is 1. The third kappa shape index (κ3) is 21.9. The quantitative estimate of drug-likeness (QED) is 0.217. The van der Waals surface area contributed by atoms with Crippen molar-refractivity contribution in [2.75, 3.05) is 40.3 Å². The Morgan fingerprint density at radius 1 is 1.05 bits per heavy atom. The van der Waals surface area contributed by atoms with E-state index in [4.69, 9.17) is 5.21 Å². The van der Waals surface area contributed by atoms with Crippen molar-refractivity contribution in [2.24, 2.45) is 5.16 Å². The highest BCUT2D eigenvalue weighted by Crippen LogP contribution is 1.97. The highest BCUT2D eigenvalue weighted by atomic mass is 35.5. The second kappa shape index (κ2) is 19.4. The van der Waals surface area contributed by atoms with E-state index in [1.807, 2.05) is 0 Å². The summed E-state index contributed by atoms with van der Waals surface area (Å²) in [6.45, 7) is 3.91. The summed E-state index contributed by atoms with van der Waals surface area (Å²) >= 11 is 0. The van der Waals surface area contributed by atoms with E-state index in [2.05, 4.69) is 34.8 Å². The Morgan fingerprint density at radius 3 is 2.19 bits per heavy atom. The van der Waals surface area contributed by atoms with Crippen LogP contribution in [0.2, 0.25) is 0 Å². The molecule has 0 aromatic heterocycles. The molecule has 0 bridgehead atoms. The predicted octanol–water partition coefficient (Wildman–Crippen LogP) is 1.51. The third-order valence-electron chi connectivity index (χ3n) is 2.71. The van der Waals surface area contributed by atoms with Gasteiger partial charge in [-0.1, -0.05) is 18.0 Å². The monoisotopic (exact) mass is 344 g/mol. The number of hydrogen-bond donors (Lipinski definition) is 3. The lowest BCUT2D eigenvalue weighted by Crippen LogP contribution is -2.25. The van der Waals surface area contributed by atoms with Crippen LogP contribution in [-0.2, 0) is 4.79 Å². The minimum atomic E-state index is -0.343. The van der Waals surface area contributed by atoms with E-state index in [-0.39, 0.29) is 30.7 Å². The Kier molecular flexibility index (Phi) is 23.5. The molecule has 0 unspecified atom stereocenters. The van der Waals surface area contributed by atoms with Crippen LogP contribution in [0, 0.1) is 0 Å². The lowest BCUT2D eigenvalue weighted by molar-refractivity contribution is -0.114. The Balaban J connectivity index is -0.00000162. The van der Waals surface area contributed by atoms with Crippen LogP contribution in [0.15, 0.2) is 5.16 Å². The molecule has 0 atom stereocenters. The van der Waals surface area contributed by atoms with Crippen molar-refractivity contribution < 1.29 is 10.0 Å². The molecule has 0 aliphatic heterocycles. The fraction of sp³-hybridized carbons (Fsp3) is 0.846. The Morgan fingerprint density at radius 2 is 1.62 bits per heavy atom. The average Bonchev–Trinajstić information content (AvgIpc) is 2.36. The van der Waals surface area contributed by atoms with Gasteiger partial charge in [0.1, 0.15) is 6.21 Å². The molecule has 0 heterocycles. The van der Waals surface area contributed by atoms with Crippen LogP contribution in [0.4, 0.5) is 0 Å². The van der Waals surface area contributed by atoms with Crippen molar-refractivity contribution in [3.8, 4) is 0 Å². The maximum Gasteiger partial charge on any atom is 0.265 e. The zero-order valence-electron chi connectivity index (χ0n) is 13.0. The number of nitrogens with zero attached hydrogens (tertiary/aromatic N) is 2. The fourth-order valence-electron chi connectivity index (χ4n) is 1.68. The van der Waals surface area contributed by atoms with Crippen molar-refractivity contribution in [2.45, 2.75) is 32.1 Å². The number of rotatable bonds is 12. The molecule has 0 aliphatic carbocycles. The van der Waals surface area contributed by atoms with Gasteiger partial charge in [0, 0.05) is 6.54 Å².